The molecule has 3 rings (SSSR count). The lowest BCUT2D eigenvalue weighted by Crippen LogP contribution is -2.42. The highest BCUT2D eigenvalue weighted by Crippen LogP contribution is 2.39. The Morgan fingerprint density at radius 3 is 2.65 bits per heavy atom. The fourth-order valence-corrected chi connectivity index (χ4v) is 4.17. The van der Waals surface area contributed by atoms with Crippen LogP contribution in [-0.4, -0.2) is 23.7 Å². The molecule has 0 saturated heterocycles. The lowest BCUT2D eigenvalue weighted by atomic mass is 9.91. The van der Waals surface area contributed by atoms with Gasteiger partial charge in [-0.25, -0.2) is 0 Å². The molecule has 1 aliphatic carbocycles. The van der Waals surface area contributed by atoms with Gasteiger partial charge in [0.25, 0.3) is 0 Å². The first kappa shape index (κ1) is 15.7. The fourth-order valence-electron chi connectivity index (χ4n) is 2.94. The topological polar surface area (TPSA) is 55.1 Å². The second kappa shape index (κ2) is 6.83. The van der Waals surface area contributed by atoms with Crippen LogP contribution in [0.2, 0.25) is 0 Å². The van der Waals surface area contributed by atoms with Gasteiger partial charge < -0.3 is 11.1 Å². The van der Waals surface area contributed by atoms with Crippen LogP contribution < -0.4 is 11.1 Å². The molecule has 1 aromatic rings. The third-order valence-electron chi connectivity index (χ3n) is 4.13. The number of carbonyl (C=O) groups excluding carboxylic acids is 1. The normalized spacial score (nSPS) is 28.4. The molecule has 5 heteroatoms. The van der Waals surface area contributed by atoms with Crippen molar-refractivity contribution in [1.82, 2.24) is 5.32 Å². The first-order valence-corrected chi connectivity index (χ1v) is 8.00. The van der Waals surface area contributed by atoms with Gasteiger partial charge >= 0.3 is 0 Å². The summed E-state index contributed by atoms with van der Waals surface area (Å²) in [7, 11) is 0. The molecule has 2 aliphatic rings. The number of halogens is 1. The maximum atomic E-state index is 12.4. The monoisotopic (exact) mass is 312 g/mol. The molecule has 1 heterocycles. The van der Waals surface area contributed by atoms with Crippen molar-refractivity contribution in [3.05, 3.63) is 29.8 Å². The van der Waals surface area contributed by atoms with Gasteiger partial charge in [-0.05, 0) is 37.3 Å². The van der Waals surface area contributed by atoms with Crippen LogP contribution in [-0.2, 0) is 4.79 Å². The van der Waals surface area contributed by atoms with Gasteiger partial charge in [0.05, 0.1) is 5.92 Å². The first-order chi connectivity index (χ1) is 9.24. The number of hydrogen-bond donors (Lipinski definition) is 2. The third-order valence-corrected chi connectivity index (χ3v) is 5.32. The Hall–Kier alpha value is -0.710. The Balaban J connectivity index is 0.00000147. The fraction of sp³-hybridized carbons (Fsp3) is 0.533. The summed E-state index contributed by atoms with van der Waals surface area (Å²) in [6.07, 6.45) is 4.10. The van der Waals surface area contributed by atoms with E-state index in [1.54, 1.807) is 11.8 Å². The van der Waals surface area contributed by atoms with Crippen LogP contribution in [0.25, 0.3) is 0 Å². The van der Waals surface area contributed by atoms with Gasteiger partial charge in [0.15, 0.2) is 0 Å². The molecule has 1 unspecified atom stereocenters. The average Bonchev–Trinajstić information content (AvgIpc) is 2.85. The maximum absolute atomic E-state index is 12.4. The molecule has 3 nitrogen and oxygen atoms in total. The van der Waals surface area contributed by atoms with Crippen LogP contribution in [0.15, 0.2) is 29.2 Å². The average molecular weight is 313 g/mol. The van der Waals surface area contributed by atoms with E-state index in [1.807, 2.05) is 12.1 Å². The molecule has 1 aliphatic heterocycles. The number of carbonyl (C=O) groups is 1. The van der Waals surface area contributed by atoms with Crippen molar-refractivity contribution in [2.75, 3.05) is 5.75 Å². The molecule has 1 aromatic carbocycles. The Morgan fingerprint density at radius 1 is 1.20 bits per heavy atom. The van der Waals surface area contributed by atoms with Crippen molar-refractivity contribution in [2.45, 2.75) is 48.6 Å². The smallest absolute Gasteiger partial charge is 0.228 e. The zero-order valence-corrected chi connectivity index (χ0v) is 13.0. The van der Waals surface area contributed by atoms with Crippen LogP contribution in [0.5, 0.6) is 0 Å². The lowest BCUT2D eigenvalue weighted by molar-refractivity contribution is -0.123. The molecule has 110 valence electrons. The number of rotatable bonds is 2. The van der Waals surface area contributed by atoms with Crippen molar-refractivity contribution in [2.24, 2.45) is 5.73 Å². The lowest BCUT2D eigenvalue weighted by Gasteiger charge is -2.27. The van der Waals surface area contributed by atoms with Crippen LogP contribution in [0.3, 0.4) is 0 Å². The Morgan fingerprint density at radius 2 is 1.90 bits per heavy atom. The summed E-state index contributed by atoms with van der Waals surface area (Å²) in [5.41, 5.74) is 7.09. The van der Waals surface area contributed by atoms with E-state index in [-0.39, 0.29) is 24.2 Å². The molecule has 1 fully saturated rings. The van der Waals surface area contributed by atoms with Gasteiger partial charge in [0.1, 0.15) is 0 Å². The zero-order valence-electron chi connectivity index (χ0n) is 11.4. The van der Waals surface area contributed by atoms with Gasteiger partial charge in [-0.1, -0.05) is 18.2 Å². The van der Waals surface area contributed by atoms with E-state index in [9.17, 15) is 4.79 Å². The molecule has 0 radical (unpaired) electrons. The molecule has 3 N–H and O–H groups in total. The highest BCUT2D eigenvalue weighted by atomic mass is 35.5. The number of nitrogens with two attached hydrogens (primary N) is 1. The third kappa shape index (κ3) is 3.30. The minimum atomic E-state index is 0. The summed E-state index contributed by atoms with van der Waals surface area (Å²) in [5, 5.41) is 3.21. The number of benzene rings is 1. The van der Waals surface area contributed by atoms with E-state index in [4.69, 9.17) is 5.73 Å². The molecular formula is C15H21ClN2OS. The molecule has 1 atom stereocenters. The second-order valence-corrected chi connectivity index (χ2v) is 6.58. The second-order valence-electron chi connectivity index (χ2n) is 5.52. The van der Waals surface area contributed by atoms with E-state index < -0.39 is 0 Å². The highest BCUT2D eigenvalue weighted by molar-refractivity contribution is 7.99. The number of thioether (sulfide) groups is 1. The first-order valence-electron chi connectivity index (χ1n) is 7.01. The summed E-state index contributed by atoms with van der Waals surface area (Å²) < 4.78 is 0. The number of fused-ring (bicyclic) bond motifs is 1. The predicted octanol–water partition coefficient (Wildman–Crippen LogP) is 2.68. The van der Waals surface area contributed by atoms with Crippen LogP contribution >= 0.6 is 24.2 Å². The van der Waals surface area contributed by atoms with Gasteiger partial charge in [0, 0.05) is 22.7 Å². The molecule has 0 bridgehead atoms. The quantitative estimate of drug-likeness (QED) is 0.883. The number of amides is 1. The van der Waals surface area contributed by atoms with Gasteiger partial charge in [-0.3, -0.25) is 4.79 Å². The summed E-state index contributed by atoms with van der Waals surface area (Å²) in [4.78, 5) is 13.7. The van der Waals surface area contributed by atoms with Gasteiger partial charge in [-0.15, -0.1) is 24.2 Å². The Labute approximate surface area is 130 Å². The maximum Gasteiger partial charge on any atom is 0.228 e. The zero-order chi connectivity index (χ0) is 13.2. The highest BCUT2D eigenvalue weighted by Gasteiger charge is 2.30. The summed E-state index contributed by atoms with van der Waals surface area (Å²) >= 11 is 1.79. The van der Waals surface area contributed by atoms with Gasteiger partial charge in [0.2, 0.25) is 5.91 Å². The van der Waals surface area contributed by atoms with Crippen molar-refractivity contribution in [3.8, 4) is 0 Å². The minimum absolute atomic E-state index is 0. The van der Waals surface area contributed by atoms with Crippen molar-refractivity contribution < 1.29 is 4.79 Å². The Kier molecular flexibility index (Phi) is 5.35. The molecule has 1 saturated carbocycles. The summed E-state index contributed by atoms with van der Waals surface area (Å²) in [5.74, 6) is 1.09. The summed E-state index contributed by atoms with van der Waals surface area (Å²) in [6.45, 7) is 0. The minimum Gasteiger partial charge on any atom is -0.353 e. The number of nitrogens with one attached hydrogen (secondary N) is 1. The van der Waals surface area contributed by atoms with Crippen molar-refractivity contribution in [3.63, 3.8) is 0 Å². The molecule has 1 amide bonds. The number of hydrogen-bond acceptors (Lipinski definition) is 3. The van der Waals surface area contributed by atoms with E-state index in [2.05, 4.69) is 17.4 Å². The van der Waals surface area contributed by atoms with Crippen LogP contribution in [0.1, 0.15) is 37.2 Å². The van der Waals surface area contributed by atoms with E-state index in [0.717, 1.165) is 31.4 Å². The van der Waals surface area contributed by atoms with Crippen molar-refractivity contribution in [1.29, 1.82) is 0 Å². The van der Waals surface area contributed by atoms with E-state index >= 15 is 0 Å². The van der Waals surface area contributed by atoms with Crippen molar-refractivity contribution >= 4 is 30.1 Å². The molecule has 20 heavy (non-hydrogen) atoms. The van der Waals surface area contributed by atoms with Crippen LogP contribution in [0.4, 0.5) is 0 Å². The molecule has 0 spiro atoms. The van der Waals surface area contributed by atoms with E-state index in [1.165, 1.54) is 10.5 Å². The SMILES string of the molecule is Cl.NC1CCC(NC(=O)C2CSc3ccccc32)CC1. The summed E-state index contributed by atoms with van der Waals surface area (Å²) in [6, 6.07) is 8.89. The molecular weight excluding hydrogens is 292 g/mol. The van der Waals surface area contributed by atoms with Crippen LogP contribution in [0, 0.1) is 0 Å². The molecule has 0 aromatic heterocycles. The van der Waals surface area contributed by atoms with Gasteiger partial charge in [-0.2, -0.15) is 0 Å². The predicted molar refractivity (Wildman–Crippen MR) is 85.5 cm³/mol. The van der Waals surface area contributed by atoms with E-state index in [0.29, 0.717) is 12.1 Å². The Bertz CT molecular complexity index is 475. The largest absolute Gasteiger partial charge is 0.353 e. The standard InChI is InChI=1S/C15H20N2OS.ClH/c16-10-5-7-11(8-6-10)17-15(18)13-9-19-14-4-2-1-3-12(13)14;/h1-4,10-11,13H,5-9,16H2,(H,17,18);1H.